The number of hydrogen-bond donors (Lipinski definition) is 0. The SMILES string of the molecule is C=CC(=O)OCCCOC1=CCCC/C(F)=C(\C2=CC=C(OC(=O)/C=C/c3ccc(OCCC)cc3)C=CC2)C=C1. The van der Waals surface area contributed by atoms with Crippen molar-refractivity contribution in [1.82, 2.24) is 0 Å². The number of halogens is 1. The Bertz CT molecular complexity index is 1270. The molecule has 2 aliphatic rings. The fraction of sp³-hybridized carbons (Fsp3) is 0.294. The van der Waals surface area contributed by atoms with E-state index in [2.05, 4.69) is 6.58 Å². The molecule has 0 N–H and O–H groups in total. The number of hydrogen-bond acceptors (Lipinski definition) is 6. The Labute approximate surface area is 241 Å². The van der Waals surface area contributed by atoms with Crippen molar-refractivity contribution in [2.24, 2.45) is 0 Å². The predicted octanol–water partition coefficient (Wildman–Crippen LogP) is 7.79. The third kappa shape index (κ3) is 11.3. The summed E-state index contributed by atoms with van der Waals surface area (Å²) >= 11 is 0. The molecule has 0 saturated carbocycles. The van der Waals surface area contributed by atoms with Crippen LogP contribution >= 0.6 is 0 Å². The highest BCUT2D eigenvalue weighted by atomic mass is 19.1. The van der Waals surface area contributed by atoms with Gasteiger partial charge in [0.05, 0.1) is 19.8 Å². The van der Waals surface area contributed by atoms with Gasteiger partial charge in [0.15, 0.2) is 0 Å². The van der Waals surface area contributed by atoms with Crippen molar-refractivity contribution in [3.63, 3.8) is 0 Å². The van der Waals surface area contributed by atoms with E-state index in [1.807, 2.05) is 43.3 Å². The van der Waals surface area contributed by atoms with Crippen LogP contribution in [0.2, 0.25) is 0 Å². The number of ether oxygens (including phenoxy) is 4. The summed E-state index contributed by atoms with van der Waals surface area (Å²) in [6.45, 7) is 6.66. The van der Waals surface area contributed by atoms with Gasteiger partial charge >= 0.3 is 11.9 Å². The molecule has 0 aliphatic heterocycles. The highest BCUT2D eigenvalue weighted by Crippen LogP contribution is 2.28. The molecule has 0 unspecified atom stereocenters. The van der Waals surface area contributed by atoms with Crippen molar-refractivity contribution in [3.05, 3.63) is 120 Å². The van der Waals surface area contributed by atoms with E-state index in [0.29, 0.717) is 62.4 Å². The Morgan fingerprint density at radius 2 is 1.80 bits per heavy atom. The van der Waals surface area contributed by atoms with E-state index in [1.165, 1.54) is 6.08 Å². The third-order valence-corrected chi connectivity index (χ3v) is 6.02. The van der Waals surface area contributed by atoms with Crippen LogP contribution in [0.1, 0.15) is 51.0 Å². The summed E-state index contributed by atoms with van der Waals surface area (Å²) in [4.78, 5) is 23.6. The lowest BCUT2D eigenvalue weighted by molar-refractivity contribution is -0.138. The summed E-state index contributed by atoms with van der Waals surface area (Å²) in [5.74, 6) is 0.611. The zero-order valence-electron chi connectivity index (χ0n) is 23.5. The third-order valence-electron chi connectivity index (χ3n) is 6.02. The zero-order valence-corrected chi connectivity index (χ0v) is 23.5. The highest BCUT2D eigenvalue weighted by Gasteiger charge is 2.13. The monoisotopic (exact) mass is 560 g/mol. The number of rotatable bonds is 13. The molecule has 216 valence electrons. The molecule has 0 spiro atoms. The lowest BCUT2D eigenvalue weighted by Gasteiger charge is -2.09. The van der Waals surface area contributed by atoms with Gasteiger partial charge in [0, 0.05) is 30.6 Å². The molecule has 7 heteroatoms. The molecular formula is C34H37FO6. The van der Waals surface area contributed by atoms with Crippen LogP contribution in [-0.2, 0) is 23.8 Å². The Morgan fingerprint density at radius 3 is 2.59 bits per heavy atom. The van der Waals surface area contributed by atoms with Gasteiger partial charge in [-0.05, 0) is 85.4 Å². The largest absolute Gasteiger partial charge is 0.494 e. The normalized spacial score (nSPS) is 17.3. The quantitative estimate of drug-likeness (QED) is 0.139. The smallest absolute Gasteiger partial charge is 0.336 e. The van der Waals surface area contributed by atoms with Crippen LogP contribution in [-0.4, -0.2) is 31.8 Å². The highest BCUT2D eigenvalue weighted by molar-refractivity contribution is 5.88. The maximum absolute atomic E-state index is 15.1. The molecule has 0 heterocycles. The molecule has 0 bridgehead atoms. The van der Waals surface area contributed by atoms with Crippen LogP contribution in [0.15, 0.2) is 114 Å². The summed E-state index contributed by atoms with van der Waals surface area (Å²) in [5, 5.41) is 0. The maximum Gasteiger partial charge on any atom is 0.336 e. The summed E-state index contributed by atoms with van der Waals surface area (Å²) < 4.78 is 37.0. The minimum Gasteiger partial charge on any atom is -0.494 e. The van der Waals surface area contributed by atoms with E-state index in [9.17, 15) is 9.59 Å². The van der Waals surface area contributed by atoms with Gasteiger partial charge in [0.25, 0.3) is 0 Å². The minimum atomic E-state index is -0.511. The lowest BCUT2D eigenvalue weighted by Crippen LogP contribution is -2.05. The summed E-state index contributed by atoms with van der Waals surface area (Å²) in [6.07, 6.45) is 20.1. The minimum absolute atomic E-state index is 0.199. The Morgan fingerprint density at radius 1 is 0.976 bits per heavy atom. The van der Waals surface area contributed by atoms with Crippen LogP contribution < -0.4 is 4.74 Å². The van der Waals surface area contributed by atoms with Crippen LogP contribution in [0, 0.1) is 0 Å². The number of esters is 2. The van der Waals surface area contributed by atoms with Crippen LogP contribution in [0.4, 0.5) is 4.39 Å². The molecule has 1 aromatic rings. The fourth-order valence-electron chi connectivity index (χ4n) is 3.91. The molecule has 1 aromatic carbocycles. The van der Waals surface area contributed by atoms with Gasteiger partial charge in [-0.1, -0.05) is 37.8 Å². The van der Waals surface area contributed by atoms with Crippen LogP contribution in [0.3, 0.4) is 0 Å². The molecule has 0 saturated heterocycles. The predicted molar refractivity (Wildman–Crippen MR) is 158 cm³/mol. The van der Waals surface area contributed by atoms with Gasteiger partial charge in [-0.3, -0.25) is 0 Å². The van der Waals surface area contributed by atoms with E-state index in [0.717, 1.165) is 29.4 Å². The maximum atomic E-state index is 15.1. The molecule has 0 radical (unpaired) electrons. The molecule has 41 heavy (non-hydrogen) atoms. The first-order valence-electron chi connectivity index (χ1n) is 13.9. The van der Waals surface area contributed by atoms with Crippen molar-refractivity contribution in [3.8, 4) is 5.75 Å². The molecule has 0 amide bonds. The Balaban J connectivity index is 1.60. The second kappa shape index (κ2) is 17.3. The average Bonchev–Trinajstić information content (AvgIpc) is 3.17. The van der Waals surface area contributed by atoms with E-state index in [4.69, 9.17) is 18.9 Å². The Kier molecular flexibility index (Phi) is 13.2. The van der Waals surface area contributed by atoms with Crippen LogP contribution in [0.5, 0.6) is 5.75 Å². The van der Waals surface area contributed by atoms with Crippen molar-refractivity contribution in [2.75, 3.05) is 19.8 Å². The first-order valence-corrected chi connectivity index (χ1v) is 13.9. The molecule has 0 atom stereocenters. The standard InChI is InChI=1S/C34H37FO6/c1-3-23-38-29-17-13-26(14-18-29)15-22-34(37)41-30-11-7-9-27(16-19-30)31-21-20-28(10-5-6-12-32(31)35)39-24-8-25-40-33(36)4-2/h4,7,10-11,13-22H,2-3,5-6,8-9,12,23-25H2,1H3/b21-20?,22-15+,28-10?,32-31+. The van der Waals surface area contributed by atoms with Gasteiger partial charge in [-0.2, -0.15) is 0 Å². The van der Waals surface area contributed by atoms with E-state index in [-0.39, 0.29) is 12.4 Å². The van der Waals surface area contributed by atoms with Crippen LogP contribution in [0.25, 0.3) is 6.08 Å². The van der Waals surface area contributed by atoms with Crippen molar-refractivity contribution < 1.29 is 32.9 Å². The molecule has 2 aliphatic carbocycles. The average molecular weight is 561 g/mol. The first-order chi connectivity index (χ1) is 20.0. The molecule has 3 rings (SSSR count). The molecule has 0 aromatic heterocycles. The fourth-order valence-corrected chi connectivity index (χ4v) is 3.91. The van der Waals surface area contributed by atoms with E-state index >= 15 is 4.39 Å². The summed E-state index contributed by atoms with van der Waals surface area (Å²) in [5.41, 5.74) is 2.10. The number of carbonyl (C=O) groups excluding carboxylic acids is 2. The van der Waals surface area contributed by atoms with Gasteiger partial charge in [0.1, 0.15) is 23.1 Å². The number of allylic oxidation sites excluding steroid dienone is 10. The van der Waals surface area contributed by atoms with E-state index < -0.39 is 11.9 Å². The number of benzene rings is 1. The molecule has 0 fully saturated rings. The van der Waals surface area contributed by atoms with Crippen molar-refractivity contribution in [2.45, 2.75) is 45.4 Å². The van der Waals surface area contributed by atoms with Crippen molar-refractivity contribution in [1.29, 1.82) is 0 Å². The lowest BCUT2D eigenvalue weighted by atomic mass is 9.99. The zero-order chi connectivity index (χ0) is 29.3. The van der Waals surface area contributed by atoms with Gasteiger partial charge < -0.3 is 18.9 Å². The molecule has 6 nitrogen and oxygen atoms in total. The number of carbonyl (C=O) groups is 2. The van der Waals surface area contributed by atoms with Gasteiger partial charge in [-0.15, -0.1) is 0 Å². The summed E-state index contributed by atoms with van der Waals surface area (Å²) in [6, 6.07) is 7.46. The van der Waals surface area contributed by atoms with Crippen molar-refractivity contribution >= 4 is 18.0 Å². The Hall–Kier alpha value is -4.39. The van der Waals surface area contributed by atoms with E-state index in [1.54, 1.807) is 36.5 Å². The van der Waals surface area contributed by atoms with Gasteiger partial charge in [0.2, 0.25) is 0 Å². The second-order valence-corrected chi connectivity index (χ2v) is 9.26. The topological polar surface area (TPSA) is 71.1 Å². The second-order valence-electron chi connectivity index (χ2n) is 9.26. The first kappa shape index (κ1) is 31.1. The summed E-state index contributed by atoms with van der Waals surface area (Å²) in [7, 11) is 0. The molecular weight excluding hydrogens is 523 g/mol. The van der Waals surface area contributed by atoms with Gasteiger partial charge in [-0.25, -0.2) is 14.0 Å².